The standard InChI is InChI=1S/C19H16N.C18H12NS.Ir/c1-2-15-13-19(17-11-7-4-8-12-17)20-14-18(15)16-9-5-3-6-10-16;1-12-8-9-19-16(10-12)13-6-7-18-15(11-13)14-4-2-3-5-17(14)20-18;/h3-11,13-14H,2H2,1H3;2-5,7-11H,1H3;/q2*-1;. The number of rotatable bonds is 4. The molecule has 0 spiro atoms. The Hall–Kier alpha value is -3.95. The third-order valence-corrected chi connectivity index (χ3v) is 8.08. The molecule has 0 aliphatic carbocycles. The van der Waals surface area contributed by atoms with Gasteiger partial charge in [0.05, 0.1) is 0 Å². The molecule has 2 nitrogen and oxygen atoms in total. The van der Waals surface area contributed by atoms with Crippen LogP contribution >= 0.6 is 11.3 Å². The summed E-state index contributed by atoms with van der Waals surface area (Å²) >= 11 is 1.82. The van der Waals surface area contributed by atoms with Crippen LogP contribution in [-0.2, 0) is 26.5 Å². The first-order valence-electron chi connectivity index (χ1n) is 13.5. The van der Waals surface area contributed by atoms with Crippen LogP contribution in [0.15, 0.2) is 122 Å². The van der Waals surface area contributed by atoms with E-state index in [4.69, 9.17) is 0 Å². The maximum atomic E-state index is 4.60. The maximum Gasteiger partial charge on any atom is 0.0242 e. The smallest absolute Gasteiger partial charge is 0.0242 e. The van der Waals surface area contributed by atoms with Gasteiger partial charge in [0, 0.05) is 42.8 Å². The summed E-state index contributed by atoms with van der Waals surface area (Å²) in [6.07, 6.45) is 4.82. The molecule has 0 aliphatic rings. The van der Waals surface area contributed by atoms with Crippen molar-refractivity contribution in [2.75, 3.05) is 0 Å². The molecule has 3 heterocycles. The molecular formula is C37H28IrN2S-2. The van der Waals surface area contributed by atoms with Crippen molar-refractivity contribution in [2.24, 2.45) is 0 Å². The molecule has 0 unspecified atom stereocenters. The Balaban J connectivity index is 0.000000161. The van der Waals surface area contributed by atoms with Gasteiger partial charge in [0.2, 0.25) is 0 Å². The van der Waals surface area contributed by atoms with E-state index < -0.39 is 0 Å². The van der Waals surface area contributed by atoms with Crippen molar-refractivity contribution in [3.8, 4) is 33.6 Å². The monoisotopic (exact) mass is 725 g/mol. The first-order valence-corrected chi connectivity index (χ1v) is 14.3. The van der Waals surface area contributed by atoms with Gasteiger partial charge in [0.15, 0.2) is 0 Å². The van der Waals surface area contributed by atoms with Crippen LogP contribution in [0.5, 0.6) is 0 Å². The Morgan fingerprint density at radius 2 is 1.49 bits per heavy atom. The summed E-state index contributed by atoms with van der Waals surface area (Å²) in [6.45, 7) is 4.27. The van der Waals surface area contributed by atoms with Crippen molar-refractivity contribution in [1.82, 2.24) is 9.97 Å². The SMILES string of the molecule is CCc1cc(-c2[c-]cccc2)ncc1-c1ccccc1.Cc1ccnc(-c2[c-]cc3sc4ccccc4c3c2)c1.[Ir]. The second-order valence-electron chi connectivity index (χ2n) is 9.66. The molecule has 0 bridgehead atoms. The first kappa shape index (κ1) is 28.6. The number of hydrogen-bond acceptors (Lipinski definition) is 3. The Morgan fingerprint density at radius 1 is 0.707 bits per heavy atom. The Labute approximate surface area is 259 Å². The predicted molar refractivity (Wildman–Crippen MR) is 169 cm³/mol. The number of aryl methyl sites for hydroxylation is 2. The van der Waals surface area contributed by atoms with Gasteiger partial charge in [-0.05, 0) is 58.1 Å². The molecule has 7 aromatic rings. The van der Waals surface area contributed by atoms with Crippen molar-refractivity contribution in [3.63, 3.8) is 0 Å². The third-order valence-electron chi connectivity index (χ3n) is 6.94. The second kappa shape index (κ2) is 13.1. The summed E-state index contributed by atoms with van der Waals surface area (Å²) in [4.78, 5) is 9.06. The molecule has 7 rings (SSSR count). The van der Waals surface area contributed by atoms with Crippen LogP contribution in [-0.4, -0.2) is 9.97 Å². The molecular weight excluding hydrogens is 697 g/mol. The van der Waals surface area contributed by atoms with Crippen LogP contribution in [0, 0.1) is 19.1 Å². The molecule has 203 valence electrons. The maximum absolute atomic E-state index is 4.60. The van der Waals surface area contributed by atoms with Gasteiger partial charge in [-0.1, -0.05) is 78.5 Å². The van der Waals surface area contributed by atoms with Crippen LogP contribution in [0.4, 0.5) is 0 Å². The van der Waals surface area contributed by atoms with Gasteiger partial charge >= 0.3 is 0 Å². The van der Waals surface area contributed by atoms with Crippen molar-refractivity contribution < 1.29 is 20.1 Å². The Morgan fingerprint density at radius 3 is 2.27 bits per heavy atom. The number of thiophene rings is 1. The van der Waals surface area contributed by atoms with E-state index >= 15 is 0 Å². The summed E-state index contributed by atoms with van der Waals surface area (Å²) in [6, 6.07) is 44.1. The van der Waals surface area contributed by atoms with E-state index in [9.17, 15) is 0 Å². The topological polar surface area (TPSA) is 25.8 Å². The largest absolute Gasteiger partial charge is 0.305 e. The van der Waals surface area contributed by atoms with Crippen LogP contribution in [0.25, 0.3) is 53.8 Å². The summed E-state index contributed by atoms with van der Waals surface area (Å²) in [5.41, 5.74) is 9.06. The molecule has 0 fully saturated rings. The van der Waals surface area contributed by atoms with Crippen LogP contribution in [0.2, 0.25) is 0 Å². The second-order valence-corrected chi connectivity index (χ2v) is 10.7. The average molecular weight is 725 g/mol. The van der Waals surface area contributed by atoms with Crippen molar-refractivity contribution in [2.45, 2.75) is 20.3 Å². The minimum absolute atomic E-state index is 0. The van der Waals surface area contributed by atoms with Gasteiger partial charge in [-0.2, -0.15) is 11.3 Å². The van der Waals surface area contributed by atoms with Crippen molar-refractivity contribution >= 4 is 31.5 Å². The zero-order chi connectivity index (χ0) is 27.3. The minimum atomic E-state index is 0. The number of hydrogen-bond donors (Lipinski definition) is 0. The Kier molecular flexibility index (Phi) is 9.16. The number of nitrogens with zero attached hydrogens (tertiary/aromatic N) is 2. The molecule has 3 aromatic heterocycles. The normalized spacial score (nSPS) is 10.6. The number of fused-ring (bicyclic) bond motifs is 3. The number of aromatic nitrogens is 2. The van der Waals surface area contributed by atoms with Gasteiger partial charge in [0.25, 0.3) is 0 Å². The van der Waals surface area contributed by atoms with Crippen molar-refractivity contribution in [1.29, 1.82) is 0 Å². The Bertz CT molecular complexity index is 1900. The van der Waals surface area contributed by atoms with E-state index in [1.807, 2.05) is 60.1 Å². The van der Waals surface area contributed by atoms with Gasteiger partial charge < -0.3 is 9.97 Å². The van der Waals surface area contributed by atoms with Crippen LogP contribution in [0.1, 0.15) is 18.1 Å². The molecule has 0 N–H and O–H groups in total. The quantitative estimate of drug-likeness (QED) is 0.169. The molecule has 0 amide bonds. The molecule has 4 aromatic carbocycles. The van der Waals surface area contributed by atoms with Crippen molar-refractivity contribution in [3.05, 3.63) is 145 Å². The minimum Gasteiger partial charge on any atom is -0.305 e. The van der Waals surface area contributed by atoms with Gasteiger partial charge in [-0.15, -0.1) is 59.7 Å². The van der Waals surface area contributed by atoms with E-state index in [1.165, 1.54) is 42.4 Å². The molecule has 4 heteroatoms. The summed E-state index contributed by atoms with van der Waals surface area (Å²) < 4.78 is 2.60. The predicted octanol–water partition coefficient (Wildman–Crippen LogP) is 10.0. The summed E-state index contributed by atoms with van der Waals surface area (Å²) in [5.74, 6) is 0. The first-order chi connectivity index (χ1) is 19.7. The van der Waals surface area contributed by atoms with Gasteiger partial charge in [0.1, 0.15) is 0 Å². The molecule has 0 saturated heterocycles. The zero-order valence-electron chi connectivity index (χ0n) is 22.9. The van der Waals surface area contributed by atoms with E-state index in [0.29, 0.717) is 0 Å². The molecule has 41 heavy (non-hydrogen) atoms. The zero-order valence-corrected chi connectivity index (χ0v) is 26.1. The molecule has 0 atom stereocenters. The van der Waals surface area contributed by atoms with E-state index in [0.717, 1.165) is 28.9 Å². The molecule has 1 radical (unpaired) electrons. The fourth-order valence-corrected chi connectivity index (χ4v) is 5.94. The van der Waals surface area contributed by atoms with Crippen LogP contribution in [0.3, 0.4) is 0 Å². The van der Waals surface area contributed by atoms with Crippen LogP contribution < -0.4 is 0 Å². The van der Waals surface area contributed by atoms with Gasteiger partial charge in [-0.25, -0.2) is 0 Å². The third kappa shape index (κ3) is 6.36. The van der Waals surface area contributed by atoms with E-state index in [-0.39, 0.29) is 20.1 Å². The fourth-order valence-electron chi connectivity index (χ4n) is 4.87. The average Bonchev–Trinajstić information content (AvgIpc) is 3.40. The van der Waals surface area contributed by atoms with E-state index in [2.05, 4.69) is 109 Å². The van der Waals surface area contributed by atoms with E-state index in [1.54, 1.807) is 0 Å². The fraction of sp³-hybridized carbons (Fsp3) is 0.0811. The molecule has 0 aliphatic heterocycles. The summed E-state index contributed by atoms with van der Waals surface area (Å²) in [5, 5.41) is 2.61. The van der Waals surface area contributed by atoms with Gasteiger partial charge in [-0.3, -0.25) is 0 Å². The number of pyridine rings is 2. The summed E-state index contributed by atoms with van der Waals surface area (Å²) in [7, 11) is 0. The number of benzene rings is 4. The molecule has 0 saturated carbocycles.